The Hall–Kier alpha value is -0.110. The molecule has 1 heterocycles. The maximum atomic E-state index is 12.6. The SMILES string of the molecule is F[C@@H]1CNC[C@@H]2C[C@@H]21. The van der Waals surface area contributed by atoms with Crippen LogP contribution < -0.4 is 5.32 Å². The van der Waals surface area contributed by atoms with Crippen molar-refractivity contribution in [3.8, 4) is 0 Å². The van der Waals surface area contributed by atoms with Gasteiger partial charge in [0.15, 0.2) is 0 Å². The third kappa shape index (κ3) is 0.558. The zero-order valence-corrected chi connectivity index (χ0v) is 4.73. The van der Waals surface area contributed by atoms with Crippen LogP contribution in [0.3, 0.4) is 0 Å². The number of fused-ring (bicyclic) bond motifs is 1. The van der Waals surface area contributed by atoms with E-state index in [0.29, 0.717) is 18.4 Å². The lowest BCUT2D eigenvalue weighted by Gasteiger charge is -2.13. The summed E-state index contributed by atoms with van der Waals surface area (Å²) in [5.41, 5.74) is 0. The Labute approximate surface area is 48.3 Å². The van der Waals surface area contributed by atoms with E-state index in [2.05, 4.69) is 5.32 Å². The molecule has 0 spiro atoms. The maximum absolute atomic E-state index is 12.6. The van der Waals surface area contributed by atoms with Crippen LogP contribution in [0.15, 0.2) is 0 Å². The molecule has 0 amide bonds. The van der Waals surface area contributed by atoms with Gasteiger partial charge >= 0.3 is 0 Å². The van der Waals surface area contributed by atoms with E-state index in [1.807, 2.05) is 0 Å². The van der Waals surface area contributed by atoms with Gasteiger partial charge in [0.1, 0.15) is 6.17 Å². The molecule has 3 atom stereocenters. The molecule has 0 unspecified atom stereocenters. The minimum absolute atomic E-state index is 0.441. The normalized spacial score (nSPS) is 52.9. The van der Waals surface area contributed by atoms with Crippen molar-refractivity contribution < 1.29 is 4.39 Å². The summed E-state index contributed by atoms with van der Waals surface area (Å²) >= 11 is 0. The molecule has 0 aromatic rings. The topological polar surface area (TPSA) is 12.0 Å². The zero-order chi connectivity index (χ0) is 5.56. The van der Waals surface area contributed by atoms with Gasteiger partial charge in [0, 0.05) is 6.54 Å². The first-order chi connectivity index (χ1) is 3.88. The number of hydrogen-bond donors (Lipinski definition) is 1. The molecule has 0 radical (unpaired) electrons. The Kier molecular flexibility index (Phi) is 0.852. The molecular weight excluding hydrogens is 105 g/mol. The van der Waals surface area contributed by atoms with Gasteiger partial charge in [0.25, 0.3) is 0 Å². The fourth-order valence-electron chi connectivity index (χ4n) is 1.51. The second-order valence-electron chi connectivity index (χ2n) is 2.83. The molecule has 8 heavy (non-hydrogen) atoms. The van der Waals surface area contributed by atoms with Crippen molar-refractivity contribution in [2.24, 2.45) is 11.8 Å². The molecule has 1 aliphatic carbocycles. The van der Waals surface area contributed by atoms with Gasteiger partial charge in [0.05, 0.1) is 0 Å². The molecule has 1 nitrogen and oxygen atoms in total. The molecule has 0 aromatic carbocycles. The number of hydrogen-bond acceptors (Lipinski definition) is 1. The average molecular weight is 115 g/mol. The first-order valence-electron chi connectivity index (χ1n) is 3.22. The predicted molar refractivity (Wildman–Crippen MR) is 29.4 cm³/mol. The molecule has 1 aliphatic heterocycles. The number of alkyl halides is 1. The van der Waals surface area contributed by atoms with Gasteiger partial charge in [-0.25, -0.2) is 4.39 Å². The molecule has 1 saturated carbocycles. The number of piperidine rings is 1. The van der Waals surface area contributed by atoms with Gasteiger partial charge in [0.2, 0.25) is 0 Å². The Morgan fingerprint density at radius 3 is 2.88 bits per heavy atom. The van der Waals surface area contributed by atoms with Crippen molar-refractivity contribution in [2.75, 3.05) is 13.1 Å². The predicted octanol–water partition coefficient (Wildman–Crippen LogP) is 0.564. The summed E-state index contributed by atoms with van der Waals surface area (Å²) in [7, 11) is 0. The molecule has 0 aromatic heterocycles. The second kappa shape index (κ2) is 1.44. The molecule has 1 N–H and O–H groups in total. The van der Waals surface area contributed by atoms with E-state index >= 15 is 0 Å². The molecular formula is C6H10FN. The minimum atomic E-state index is -0.534. The lowest BCUT2D eigenvalue weighted by atomic mass is 10.1. The van der Waals surface area contributed by atoms with E-state index in [-0.39, 0.29) is 0 Å². The highest BCUT2D eigenvalue weighted by Crippen LogP contribution is 2.43. The van der Waals surface area contributed by atoms with Crippen LogP contribution in [0.4, 0.5) is 4.39 Å². The molecule has 2 heteroatoms. The van der Waals surface area contributed by atoms with Gasteiger partial charge in [-0.1, -0.05) is 0 Å². The van der Waals surface area contributed by atoms with Crippen molar-refractivity contribution in [1.82, 2.24) is 5.32 Å². The number of halogens is 1. The van der Waals surface area contributed by atoms with E-state index in [4.69, 9.17) is 0 Å². The quantitative estimate of drug-likeness (QED) is 0.486. The van der Waals surface area contributed by atoms with Crippen LogP contribution in [0.1, 0.15) is 6.42 Å². The van der Waals surface area contributed by atoms with Crippen LogP contribution in [0.25, 0.3) is 0 Å². The summed E-state index contributed by atoms with van der Waals surface area (Å²) in [6.45, 7) is 1.66. The monoisotopic (exact) mass is 115 g/mol. The summed E-state index contributed by atoms with van der Waals surface area (Å²) in [6, 6.07) is 0. The summed E-state index contributed by atoms with van der Waals surface area (Å²) in [4.78, 5) is 0. The van der Waals surface area contributed by atoms with Gasteiger partial charge in [-0.3, -0.25) is 0 Å². The highest BCUT2D eigenvalue weighted by molar-refractivity contribution is 4.97. The van der Waals surface area contributed by atoms with E-state index < -0.39 is 6.17 Å². The average Bonchev–Trinajstić information content (AvgIpc) is 2.45. The van der Waals surface area contributed by atoms with Gasteiger partial charge in [-0.05, 0) is 24.8 Å². The van der Waals surface area contributed by atoms with Crippen molar-refractivity contribution in [3.05, 3.63) is 0 Å². The molecule has 2 aliphatic rings. The summed E-state index contributed by atoms with van der Waals surface area (Å²) in [5, 5.41) is 3.05. The Bertz CT molecular complexity index is 105. The van der Waals surface area contributed by atoms with Crippen LogP contribution in [0, 0.1) is 11.8 Å². The standard InChI is InChI=1S/C6H10FN/c7-6-3-8-2-4-1-5(4)6/h4-6,8H,1-3H2/t4-,5-,6+/m0/s1. The van der Waals surface area contributed by atoms with Crippen molar-refractivity contribution in [3.63, 3.8) is 0 Å². The van der Waals surface area contributed by atoms with E-state index in [1.54, 1.807) is 0 Å². The number of nitrogens with one attached hydrogen (secondary N) is 1. The second-order valence-corrected chi connectivity index (χ2v) is 2.83. The van der Waals surface area contributed by atoms with Crippen molar-refractivity contribution in [2.45, 2.75) is 12.6 Å². The maximum Gasteiger partial charge on any atom is 0.116 e. The first kappa shape index (κ1) is 4.74. The summed E-state index contributed by atoms with van der Waals surface area (Å²) in [5.74, 6) is 1.13. The number of rotatable bonds is 0. The van der Waals surface area contributed by atoms with Gasteiger partial charge < -0.3 is 5.32 Å². The lowest BCUT2D eigenvalue weighted by molar-refractivity contribution is 0.248. The van der Waals surface area contributed by atoms with Crippen LogP contribution in [0.5, 0.6) is 0 Å². The van der Waals surface area contributed by atoms with E-state index in [0.717, 1.165) is 13.0 Å². The fourth-order valence-corrected chi connectivity index (χ4v) is 1.51. The van der Waals surface area contributed by atoms with Crippen molar-refractivity contribution >= 4 is 0 Å². The zero-order valence-electron chi connectivity index (χ0n) is 4.73. The van der Waals surface area contributed by atoms with Crippen LogP contribution in [0.2, 0.25) is 0 Å². The fraction of sp³-hybridized carbons (Fsp3) is 1.00. The van der Waals surface area contributed by atoms with Crippen molar-refractivity contribution in [1.29, 1.82) is 0 Å². The summed E-state index contributed by atoms with van der Waals surface area (Å²) in [6.07, 6.45) is 0.600. The molecule has 1 saturated heterocycles. The lowest BCUT2D eigenvalue weighted by Crippen LogP contribution is -2.33. The smallest absolute Gasteiger partial charge is 0.116 e. The third-order valence-corrected chi connectivity index (χ3v) is 2.19. The summed E-state index contributed by atoms with van der Waals surface area (Å²) < 4.78 is 12.6. The minimum Gasteiger partial charge on any atom is -0.314 e. The largest absolute Gasteiger partial charge is 0.314 e. The van der Waals surface area contributed by atoms with Crippen LogP contribution in [-0.4, -0.2) is 19.3 Å². The third-order valence-electron chi connectivity index (χ3n) is 2.19. The molecule has 46 valence electrons. The first-order valence-corrected chi connectivity index (χ1v) is 3.22. The van der Waals surface area contributed by atoms with Gasteiger partial charge in [-0.15, -0.1) is 0 Å². The highest BCUT2D eigenvalue weighted by atomic mass is 19.1. The molecule has 0 bridgehead atoms. The van der Waals surface area contributed by atoms with Crippen LogP contribution >= 0.6 is 0 Å². The highest BCUT2D eigenvalue weighted by Gasteiger charge is 2.45. The Morgan fingerprint density at radius 2 is 2.25 bits per heavy atom. The van der Waals surface area contributed by atoms with Crippen LogP contribution in [-0.2, 0) is 0 Å². The Balaban J connectivity index is 1.99. The van der Waals surface area contributed by atoms with E-state index in [9.17, 15) is 4.39 Å². The molecule has 2 rings (SSSR count). The van der Waals surface area contributed by atoms with Gasteiger partial charge in [-0.2, -0.15) is 0 Å². The Morgan fingerprint density at radius 1 is 1.38 bits per heavy atom. The van der Waals surface area contributed by atoms with E-state index in [1.165, 1.54) is 0 Å². The molecule has 2 fully saturated rings.